The summed E-state index contributed by atoms with van der Waals surface area (Å²) in [5.74, 6) is 0. The number of thiazole rings is 1. The topological polar surface area (TPSA) is 24.9 Å². The molecule has 2 rings (SSSR count). The Labute approximate surface area is 117 Å². The van der Waals surface area contributed by atoms with Crippen LogP contribution >= 0.6 is 22.7 Å². The van der Waals surface area contributed by atoms with Gasteiger partial charge in [-0.05, 0) is 31.9 Å². The lowest BCUT2D eigenvalue weighted by atomic mass is 10.2. The molecule has 0 spiro atoms. The fraction of sp³-hybridized carbons (Fsp3) is 0.500. The largest absolute Gasteiger partial charge is 0.303 e. The van der Waals surface area contributed by atoms with E-state index in [1.54, 1.807) is 0 Å². The van der Waals surface area contributed by atoms with Crippen molar-refractivity contribution in [3.8, 4) is 0 Å². The van der Waals surface area contributed by atoms with Gasteiger partial charge in [-0.2, -0.15) is 0 Å². The summed E-state index contributed by atoms with van der Waals surface area (Å²) in [5.41, 5.74) is 0. The summed E-state index contributed by atoms with van der Waals surface area (Å²) >= 11 is 3.72. The standard InChI is InChI=1S/C14H20N2S2/c1-4-11-6-7-13(17-11)10(3)15-9-14-16-8-12(5-2)18-14/h6-8,10,15H,4-5,9H2,1-3H3. The van der Waals surface area contributed by atoms with Crippen LogP contribution in [0.4, 0.5) is 0 Å². The first-order valence-corrected chi connectivity index (χ1v) is 8.11. The molecule has 0 radical (unpaired) electrons. The van der Waals surface area contributed by atoms with Gasteiger partial charge in [-0.3, -0.25) is 0 Å². The zero-order valence-corrected chi connectivity index (χ0v) is 12.8. The minimum Gasteiger partial charge on any atom is -0.303 e. The molecule has 0 aliphatic heterocycles. The second-order valence-electron chi connectivity index (χ2n) is 4.33. The van der Waals surface area contributed by atoms with Crippen molar-refractivity contribution in [3.63, 3.8) is 0 Å². The van der Waals surface area contributed by atoms with Crippen LogP contribution < -0.4 is 5.32 Å². The maximum absolute atomic E-state index is 4.43. The maximum Gasteiger partial charge on any atom is 0.107 e. The number of hydrogen-bond acceptors (Lipinski definition) is 4. The third kappa shape index (κ3) is 3.40. The Kier molecular flexibility index (Phi) is 4.92. The van der Waals surface area contributed by atoms with Gasteiger partial charge < -0.3 is 5.32 Å². The van der Waals surface area contributed by atoms with Crippen molar-refractivity contribution in [1.29, 1.82) is 0 Å². The van der Waals surface area contributed by atoms with Gasteiger partial charge in [0.25, 0.3) is 0 Å². The molecule has 1 unspecified atom stereocenters. The molecule has 0 fully saturated rings. The number of thiophene rings is 1. The first kappa shape index (κ1) is 13.7. The van der Waals surface area contributed by atoms with Crippen molar-refractivity contribution < 1.29 is 0 Å². The quantitative estimate of drug-likeness (QED) is 0.858. The third-order valence-electron chi connectivity index (χ3n) is 2.97. The van der Waals surface area contributed by atoms with Gasteiger partial charge >= 0.3 is 0 Å². The molecule has 0 saturated heterocycles. The molecular formula is C14H20N2S2. The summed E-state index contributed by atoms with van der Waals surface area (Å²) in [4.78, 5) is 8.67. The van der Waals surface area contributed by atoms with Crippen molar-refractivity contribution in [2.75, 3.05) is 0 Å². The van der Waals surface area contributed by atoms with Crippen LogP contribution in [0.5, 0.6) is 0 Å². The average molecular weight is 280 g/mol. The summed E-state index contributed by atoms with van der Waals surface area (Å²) in [6.45, 7) is 7.46. The van der Waals surface area contributed by atoms with E-state index in [-0.39, 0.29) is 0 Å². The molecule has 2 nitrogen and oxygen atoms in total. The van der Waals surface area contributed by atoms with Gasteiger partial charge in [0.15, 0.2) is 0 Å². The van der Waals surface area contributed by atoms with Crippen LogP contribution in [-0.4, -0.2) is 4.98 Å². The van der Waals surface area contributed by atoms with Gasteiger partial charge in [0.1, 0.15) is 5.01 Å². The first-order valence-electron chi connectivity index (χ1n) is 6.48. The monoisotopic (exact) mass is 280 g/mol. The Morgan fingerprint density at radius 1 is 1.17 bits per heavy atom. The van der Waals surface area contributed by atoms with Crippen molar-refractivity contribution in [2.45, 2.75) is 46.2 Å². The minimum absolute atomic E-state index is 0.407. The maximum atomic E-state index is 4.43. The lowest BCUT2D eigenvalue weighted by Crippen LogP contribution is -2.16. The van der Waals surface area contributed by atoms with Gasteiger partial charge in [0, 0.05) is 33.4 Å². The molecule has 0 bridgehead atoms. The first-order chi connectivity index (χ1) is 8.72. The highest BCUT2D eigenvalue weighted by Crippen LogP contribution is 2.24. The smallest absolute Gasteiger partial charge is 0.107 e. The van der Waals surface area contributed by atoms with E-state index in [1.165, 1.54) is 19.6 Å². The predicted octanol–water partition coefficient (Wildman–Crippen LogP) is 4.18. The Balaban J connectivity index is 1.89. The Morgan fingerprint density at radius 3 is 2.56 bits per heavy atom. The summed E-state index contributed by atoms with van der Waals surface area (Å²) in [7, 11) is 0. The number of aromatic nitrogens is 1. The van der Waals surface area contributed by atoms with E-state index in [9.17, 15) is 0 Å². The van der Waals surface area contributed by atoms with Crippen molar-refractivity contribution in [2.24, 2.45) is 0 Å². The molecule has 0 aromatic carbocycles. The van der Waals surface area contributed by atoms with Crippen molar-refractivity contribution in [1.82, 2.24) is 10.3 Å². The van der Waals surface area contributed by atoms with Gasteiger partial charge in [0.05, 0.1) is 0 Å². The number of hydrogen-bond donors (Lipinski definition) is 1. The van der Waals surface area contributed by atoms with Crippen LogP contribution in [0.15, 0.2) is 18.3 Å². The molecule has 98 valence electrons. The molecule has 2 heterocycles. The van der Waals surface area contributed by atoms with Gasteiger partial charge in [-0.1, -0.05) is 13.8 Å². The fourth-order valence-corrected chi connectivity index (χ4v) is 3.54. The molecule has 1 atom stereocenters. The van der Waals surface area contributed by atoms with Gasteiger partial charge in [0.2, 0.25) is 0 Å². The number of rotatable bonds is 6. The zero-order chi connectivity index (χ0) is 13.0. The third-order valence-corrected chi connectivity index (χ3v) is 5.52. The second kappa shape index (κ2) is 6.45. The lowest BCUT2D eigenvalue weighted by Gasteiger charge is -2.10. The normalized spacial score (nSPS) is 12.8. The van der Waals surface area contributed by atoms with Crippen LogP contribution in [0.2, 0.25) is 0 Å². The molecule has 4 heteroatoms. The highest BCUT2D eigenvalue weighted by atomic mass is 32.1. The second-order valence-corrected chi connectivity index (χ2v) is 6.73. The minimum atomic E-state index is 0.407. The van der Waals surface area contributed by atoms with Crippen LogP contribution in [0.25, 0.3) is 0 Å². The van der Waals surface area contributed by atoms with E-state index in [1.807, 2.05) is 28.9 Å². The van der Waals surface area contributed by atoms with Crippen LogP contribution in [0.1, 0.15) is 46.5 Å². The van der Waals surface area contributed by atoms with E-state index in [0.717, 1.165) is 19.4 Å². The number of aryl methyl sites for hydroxylation is 2. The van der Waals surface area contributed by atoms with Gasteiger partial charge in [-0.15, -0.1) is 22.7 Å². The molecule has 0 aliphatic carbocycles. The Bertz CT molecular complexity index is 487. The van der Waals surface area contributed by atoms with E-state index in [4.69, 9.17) is 0 Å². The molecule has 0 amide bonds. The predicted molar refractivity (Wildman–Crippen MR) is 80.4 cm³/mol. The fourth-order valence-electron chi connectivity index (χ4n) is 1.75. The molecule has 0 saturated carbocycles. The van der Waals surface area contributed by atoms with Crippen LogP contribution in [0.3, 0.4) is 0 Å². The summed E-state index contributed by atoms with van der Waals surface area (Å²) in [5, 5.41) is 4.73. The number of nitrogens with one attached hydrogen (secondary N) is 1. The highest BCUT2D eigenvalue weighted by Gasteiger charge is 2.09. The zero-order valence-electron chi connectivity index (χ0n) is 11.2. The summed E-state index contributed by atoms with van der Waals surface area (Å²) in [6, 6.07) is 4.88. The SMILES string of the molecule is CCc1ccc(C(C)NCc2ncc(CC)s2)s1. The van der Waals surface area contributed by atoms with Crippen molar-refractivity contribution >= 4 is 22.7 Å². The highest BCUT2D eigenvalue weighted by molar-refractivity contribution is 7.12. The molecule has 2 aromatic rings. The molecule has 0 aliphatic rings. The van der Waals surface area contributed by atoms with Gasteiger partial charge in [-0.25, -0.2) is 4.98 Å². The molecule has 2 aromatic heterocycles. The van der Waals surface area contributed by atoms with E-state index in [2.05, 4.69) is 43.2 Å². The van der Waals surface area contributed by atoms with E-state index in [0.29, 0.717) is 6.04 Å². The van der Waals surface area contributed by atoms with E-state index < -0.39 is 0 Å². The van der Waals surface area contributed by atoms with Crippen molar-refractivity contribution in [3.05, 3.63) is 38.0 Å². The molecule has 1 N–H and O–H groups in total. The summed E-state index contributed by atoms with van der Waals surface area (Å²) in [6.07, 6.45) is 4.20. The summed E-state index contributed by atoms with van der Waals surface area (Å²) < 4.78 is 0. The average Bonchev–Trinajstić information content (AvgIpc) is 3.04. The number of nitrogens with zero attached hydrogens (tertiary/aromatic N) is 1. The molecule has 18 heavy (non-hydrogen) atoms. The molecular weight excluding hydrogens is 260 g/mol. The van der Waals surface area contributed by atoms with E-state index >= 15 is 0 Å². The Hall–Kier alpha value is -0.710. The van der Waals surface area contributed by atoms with Crippen LogP contribution in [0, 0.1) is 0 Å². The van der Waals surface area contributed by atoms with Crippen LogP contribution in [-0.2, 0) is 19.4 Å². The lowest BCUT2D eigenvalue weighted by molar-refractivity contribution is 0.581. The Morgan fingerprint density at radius 2 is 1.94 bits per heavy atom.